The first-order valence-corrected chi connectivity index (χ1v) is 14.4. The van der Waals surface area contributed by atoms with Crippen LogP contribution >= 0.6 is 0 Å². The topological polar surface area (TPSA) is 105 Å². The Morgan fingerprint density at radius 3 is 1.70 bits per heavy atom. The van der Waals surface area contributed by atoms with Crippen LogP contribution in [0.1, 0.15) is 68.1 Å². The van der Waals surface area contributed by atoms with Crippen molar-refractivity contribution < 1.29 is 28.5 Å². The predicted molar refractivity (Wildman–Crippen MR) is 156 cm³/mol. The van der Waals surface area contributed by atoms with Gasteiger partial charge in [-0.05, 0) is 36.1 Å². The maximum Gasteiger partial charge on any atom is 0.251 e. The molecule has 2 N–H and O–H groups in total. The SMILES string of the molecule is CC(C)NCCOCCOCCOCCOCCOCCNC(=O)c1ccc(C(C)n2cc(C(C)C)cn2)cc1. The summed E-state index contributed by atoms with van der Waals surface area (Å²) in [6, 6.07) is 8.22. The van der Waals surface area contributed by atoms with E-state index >= 15 is 0 Å². The van der Waals surface area contributed by atoms with Gasteiger partial charge in [-0.1, -0.05) is 39.8 Å². The molecule has 10 nitrogen and oxygen atoms in total. The third-order valence-corrected chi connectivity index (χ3v) is 6.16. The van der Waals surface area contributed by atoms with Crippen molar-refractivity contribution in [3.05, 3.63) is 53.3 Å². The quantitative estimate of drug-likeness (QED) is 0.199. The number of carbonyl (C=O) groups excluding carboxylic acids is 1. The number of nitrogens with zero attached hydrogens (tertiary/aromatic N) is 2. The minimum Gasteiger partial charge on any atom is -0.378 e. The highest BCUT2D eigenvalue weighted by Gasteiger charge is 2.12. The van der Waals surface area contributed by atoms with Crippen LogP contribution in [-0.4, -0.2) is 101 Å². The molecule has 0 fully saturated rings. The molecule has 1 amide bonds. The second kappa shape index (κ2) is 20.5. The fourth-order valence-corrected chi connectivity index (χ4v) is 3.67. The molecule has 0 radical (unpaired) electrons. The number of hydrogen-bond donors (Lipinski definition) is 2. The average molecular weight is 563 g/mol. The highest BCUT2D eigenvalue weighted by molar-refractivity contribution is 5.94. The number of rotatable bonds is 23. The van der Waals surface area contributed by atoms with E-state index in [1.54, 1.807) is 0 Å². The van der Waals surface area contributed by atoms with E-state index in [1.165, 1.54) is 5.56 Å². The molecule has 1 unspecified atom stereocenters. The Morgan fingerprint density at radius 2 is 1.23 bits per heavy atom. The van der Waals surface area contributed by atoms with Gasteiger partial charge in [-0.15, -0.1) is 0 Å². The van der Waals surface area contributed by atoms with Gasteiger partial charge >= 0.3 is 0 Å². The number of ether oxygens (including phenoxy) is 5. The van der Waals surface area contributed by atoms with Crippen LogP contribution in [0, 0.1) is 0 Å². The van der Waals surface area contributed by atoms with Crippen LogP contribution in [0.5, 0.6) is 0 Å². The molecule has 2 rings (SSSR count). The average Bonchev–Trinajstić information content (AvgIpc) is 3.44. The summed E-state index contributed by atoms with van der Waals surface area (Å²) in [6.45, 7) is 17.2. The molecule has 0 aliphatic rings. The first kappa shape index (κ1) is 33.9. The van der Waals surface area contributed by atoms with Crippen molar-refractivity contribution in [3.8, 4) is 0 Å². The molecule has 0 saturated heterocycles. The molecule has 40 heavy (non-hydrogen) atoms. The zero-order valence-electron chi connectivity index (χ0n) is 25.0. The number of aromatic nitrogens is 2. The molecule has 1 atom stereocenters. The van der Waals surface area contributed by atoms with Crippen molar-refractivity contribution in [1.82, 2.24) is 20.4 Å². The van der Waals surface area contributed by atoms with Crippen LogP contribution in [0.3, 0.4) is 0 Å². The van der Waals surface area contributed by atoms with E-state index in [-0.39, 0.29) is 11.9 Å². The first-order chi connectivity index (χ1) is 19.4. The van der Waals surface area contributed by atoms with Crippen molar-refractivity contribution >= 4 is 5.91 Å². The second-order valence-corrected chi connectivity index (χ2v) is 10.1. The van der Waals surface area contributed by atoms with Gasteiger partial charge in [-0.2, -0.15) is 5.10 Å². The highest BCUT2D eigenvalue weighted by atomic mass is 16.6. The summed E-state index contributed by atoms with van der Waals surface area (Å²) in [5.74, 6) is 0.325. The standard InChI is InChI=1S/C30H50N4O6/c1-24(2)29-22-33-34(23-29)26(5)27-6-8-28(9-7-27)30(35)32-11-13-37-15-17-39-19-21-40-20-18-38-16-14-36-12-10-31-25(3)4/h6-9,22-26,31H,10-21H2,1-5H3,(H,32,35). The van der Waals surface area contributed by atoms with E-state index in [1.807, 2.05) is 35.1 Å². The maximum atomic E-state index is 12.4. The van der Waals surface area contributed by atoms with Crippen molar-refractivity contribution in [2.75, 3.05) is 79.2 Å². The lowest BCUT2D eigenvalue weighted by atomic mass is 10.1. The van der Waals surface area contributed by atoms with E-state index in [0.29, 0.717) is 90.1 Å². The molecular formula is C30H50N4O6. The predicted octanol–water partition coefficient (Wildman–Crippen LogP) is 3.43. The summed E-state index contributed by atoms with van der Waals surface area (Å²) < 4.78 is 29.4. The summed E-state index contributed by atoms with van der Waals surface area (Å²) in [5, 5.41) is 10.7. The highest BCUT2D eigenvalue weighted by Crippen LogP contribution is 2.20. The second-order valence-electron chi connectivity index (χ2n) is 10.1. The minimum absolute atomic E-state index is 0.0959. The van der Waals surface area contributed by atoms with Crippen LogP contribution in [0.2, 0.25) is 0 Å². The zero-order chi connectivity index (χ0) is 29.0. The van der Waals surface area contributed by atoms with Crippen LogP contribution in [-0.2, 0) is 23.7 Å². The van der Waals surface area contributed by atoms with Crippen molar-refractivity contribution in [1.29, 1.82) is 0 Å². The fraction of sp³-hybridized carbons (Fsp3) is 0.667. The van der Waals surface area contributed by atoms with Gasteiger partial charge in [0, 0.05) is 30.9 Å². The summed E-state index contributed by atoms with van der Waals surface area (Å²) in [7, 11) is 0. The summed E-state index contributed by atoms with van der Waals surface area (Å²) in [4.78, 5) is 12.4. The Labute approximate surface area is 240 Å². The third-order valence-electron chi connectivity index (χ3n) is 6.16. The number of nitrogens with one attached hydrogen (secondary N) is 2. The van der Waals surface area contributed by atoms with Crippen LogP contribution < -0.4 is 10.6 Å². The molecule has 226 valence electrons. The summed E-state index contributed by atoms with van der Waals surface area (Å²) in [6.07, 6.45) is 4.00. The molecule has 2 aromatic rings. The van der Waals surface area contributed by atoms with E-state index in [4.69, 9.17) is 23.7 Å². The molecule has 1 aromatic carbocycles. The van der Waals surface area contributed by atoms with Gasteiger partial charge in [0.15, 0.2) is 0 Å². The van der Waals surface area contributed by atoms with Crippen LogP contribution in [0.4, 0.5) is 0 Å². The molecule has 0 saturated carbocycles. The zero-order valence-corrected chi connectivity index (χ0v) is 25.0. The third kappa shape index (κ3) is 14.3. The normalized spacial score (nSPS) is 12.4. The van der Waals surface area contributed by atoms with Crippen LogP contribution in [0.25, 0.3) is 0 Å². The molecule has 0 bridgehead atoms. The number of amides is 1. The van der Waals surface area contributed by atoms with Crippen molar-refractivity contribution in [3.63, 3.8) is 0 Å². The minimum atomic E-state index is -0.118. The molecule has 0 aliphatic heterocycles. The van der Waals surface area contributed by atoms with Gasteiger partial charge in [0.25, 0.3) is 5.91 Å². The Morgan fingerprint density at radius 1 is 0.725 bits per heavy atom. The van der Waals surface area contributed by atoms with E-state index in [0.717, 1.165) is 12.1 Å². The number of hydrogen-bond acceptors (Lipinski definition) is 8. The Hall–Kier alpha value is -2.34. The number of benzene rings is 1. The van der Waals surface area contributed by atoms with E-state index in [9.17, 15) is 4.79 Å². The molecule has 0 spiro atoms. The lowest BCUT2D eigenvalue weighted by Crippen LogP contribution is -2.27. The molecule has 0 aliphatic carbocycles. The van der Waals surface area contributed by atoms with Gasteiger partial charge in [0.1, 0.15) is 0 Å². The van der Waals surface area contributed by atoms with Gasteiger partial charge in [-0.25, -0.2) is 0 Å². The Kier molecular flexibility index (Phi) is 17.4. The molecule has 1 heterocycles. The monoisotopic (exact) mass is 562 g/mol. The maximum absolute atomic E-state index is 12.4. The van der Waals surface area contributed by atoms with Crippen molar-refractivity contribution in [2.24, 2.45) is 0 Å². The van der Waals surface area contributed by atoms with E-state index < -0.39 is 0 Å². The van der Waals surface area contributed by atoms with Gasteiger partial charge in [0.05, 0.1) is 78.3 Å². The van der Waals surface area contributed by atoms with Gasteiger partial charge < -0.3 is 34.3 Å². The molecule has 1 aromatic heterocycles. The largest absolute Gasteiger partial charge is 0.378 e. The molecule has 10 heteroatoms. The summed E-state index contributed by atoms with van der Waals surface area (Å²) >= 11 is 0. The Balaban J connectivity index is 1.41. The fourth-order valence-electron chi connectivity index (χ4n) is 3.67. The van der Waals surface area contributed by atoms with Gasteiger partial charge in [0.2, 0.25) is 0 Å². The van der Waals surface area contributed by atoms with E-state index in [2.05, 4.69) is 56.5 Å². The lowest BCUT2D eigenvalue weighted by Gasteiger charge is -2.13. The van der Waals surface area contributed by atoms with Crippen LogP contribution in [0.15, 0.2) is 36.7 Å². The number of carbonyl (C=O) groups is 1. The van der Waals surface area contributed by atoms with Gasteiger partial charge in [-0.3, -0.25) is 9.48 Å². The Bertz CT molecular complexity index is 919. The first-order valence-electron chi connectivity index (χ1n) is 14.4. The summed E-state index contributed by atoms with van der Waals surface area (Å²) in [5.41, 5.74) is 2.94. The molecular weight excluding hydrogens is 512 g/mol. The smallest absolute Gasteiger partial charge is 0.251 e. The van der Waals surface area contributed by atoms with Crippen molar-refractivity contribution in [2.45, 2.75) is 52.6 Å². The lowest BCUT2D eigenvalue weighted by molar-refractivity contribution is -0.0106.